The lowest BCUT2D eigenvalue weighted by molar-refractivity contribution is -0.115. The normalized spacial score (nSPS) is 9.40. The van der Waals surface area contributed by atoms with E-state index in [-0.39, 0.29) is 5.91 Å². The third-order valence-corrected chi connectivity index (χ3v) is 2.67. The van der Waals surface area contributed by atoms with Crippen LogP contribution in [-0.2, 0) is 11.2 Å². The third-order valence-electron chi connectivity index (χ3n) is 2.67. The highest BCUT2D eigenvalue weighted by atomic mass is 16.1. The van der Waals surface area contributed by atoms with Gasteiger partial charge in [0, 0.05) is 0 Å². The van der Waals surface area contributed by atoms with E-state index < -0.39 is 0 Å². The molecule has 0 aliphatic carbocycles. The molecule has 5 nitrogen and oxygen atoms in total. The van der Waals surface area contributed by atoms with Gasteiger partial charge in [-0.3, -0.25) is 9.78 Å². The second-order valence-electron chi connectivity index (χ2n) is 4.14. The maximum Gasteiger partial charge on any atom is 0.229 e. The lowest BCUT2D eigenvalue weighted by atomic mass is 10.1. The second kappa shape index (κ2) is 8.01. The van der Waals surface area contributed by atoms with Crippen LogP contribution in [0, 0.1) is 13.8 Å². The van der Waals surface area contributed by atoms with Crippen LogP contribution in [0.5, 0.6) is 0 Å². The number of nitrogens with zero attached hydrogens (tertiary/aromatic N) is 2. The Morgan fingerprint density at radius 3 is 2.40 bits per heavy atom. The molecule has 0 unspecified atom stereocenters. The molecule has 0 aliphatic rings. The Balaban J connectivity index is 0.000000956. The lowest BCUT2D eigenvalue weighted by Gasteiger charge is -2.06. The predicted octanol–water partition coefficient (Wildman–Crippen LogP) is 1.85. The first-order chi connectivity index (χ1) is 9.65. The number of hydrogen-bond donors (Lipinski definition) is 2. The minimum atomic E-state index is -0.0845. The van der Waals surface area contributed by atoms with Gasteiger partial charge in [-0.05, 0) is 26.5 Å². The Hall–Kier alpha value is -2.27. The molecule has 0 fully saturated rings. The third kappa shape index (κ3) is 4.78. The summed E-state index contributed by atoms with van der Waals surface area (Å²) < 4.78 is 0. The van der Waals surface area contributed by atoms with Crippen molar-refractivity contribution in [2.45, 2.75) is 20.3 Å². The van der Waals surface area contributed by atoms with E-state index in [9.17, 15) is 4.79 Å². The van der Waals surface area contributed by atoms with Crippen molar-refractivity contribution in [3.05, 3.63) is 53.5 Å². The SMILES string of the molecule is CN.Cc1ncc(NC(=O)Cc2ccccc2)nc1C. The smallest absolute Gasteiger partial charge is 0.229 e. The highest BCUT2D eigenvalue weighted by molar-refractivity contribution is 5.91. The first-order valence-corrected chi connectivity index (χ1v) is 6.37. The summed E-state index contributed by atoms with van der Waals surface area (Å²) >= 11 is 0. The molecule has 20 heavy (non-hydrogen) atoms. The fourth-order valence-electron chi connectivity index (χ4n) is 1.57. The van der Waals surface area contributed by atoms with Crippen LogP contribution in [-0.4, -0.2) is 22.9 Å². The van der Waals surface area contributed by atoms with Crippen molar-refractivity contribution in [1.29, 1.82) is 0 Å². The van der Waals surface area contributed by atoms with Crippen molar-refractivity contribution in [3.8, 4) is 0 Å². The highest BCUT2D eigenvalue weighted by Crippen LogP contribution is 2.07. The van der Waals surface area contributed by atoms with Crippen LogP contribution in [0.2, 0.25) is 0 Å². The van der Waals surface area contributed by atoms with E-state index in [1.54, 1.807) is 6.20 Å². The largest absolute Gasteiger partial charge is 0.333 e. The van der Waals surface area contributed by atoms with E-state index in [2.05, 4.69) is 21.0 Å². The summed E-state index contributed by atoms with van der Waals surface area (Å²) in [6.07, 6.45) is 1.92. The zero-order valence-corrected chi connectivity index (χ0v) is 12.1. The van der Waals surface area contributed by atoms with Gasteiger partial charge in [-0.1, -0.05) is 30.3 Å². The standard InChI is InChI=1S/C14H15N3O.CH5N/c1-10-11(2)16-13(9-15-10)17-14(18)8-12-6-4-3-5-7-12;1-2/h3-7,9H,8H2,1-2H3,(H,16,17,18);2H2,1H3. The quantitative estimate of drug-likeness (QED) is 0.893. The van der Waals surface area contributed by atoms with Gasteiger partial charge < -0.3 is 11.1 Å². The molecule has 0 aliphatic heterocycles. The van der Waals surface area contributed by atoms with Crippen LogP contribution in [0.1, 0.15) is 17.0 Å². The van der Waals surface area contributed by atoms with Crippen molar-refractivity contribution in [2.75, 3.05) is 12.4 Å². The summed E-state index contributed by atoms with van der Waals surface area (Å²) in [5.41, 5.74) is 7.18. The van der Waals surface area contributed by atoms with Crippen molar-refractivity contribution in [3.63, 3.8) is 0 Å². The maximum atomic E-state index is 11.8. The molecular weight excluding hydrogens is 252 g/mol. The van der Waals surface area contributed by atoms with Crippen LogP contribution in [0.15, 0.2) is 36.5 Å². The summed E-state index contributed by atoms with van der Waals surface area (Å²) in [5, 5.41) is 2.75. The Labute approximate surface area is 119 Å². The van der Waals surface area contributed by atoms with Crippen LogP contribution in [0.4, 0.5) is 5.82 Å². The fourth-order valence-corrected chi connectivity index (χ4v) is 1.57. The summed E-state index contributed by atoms with van der Waals surface area (Å²) in [6, 6.07) is 9.60. The summed E-state index contributed by atoms with van der Waals surface area (Å²) in [5.74, 6) is 0.415. The number of hydrogen-bond acceptors (Lipinski definition) is 4. The Morgan fingerprint density at radius 2 is 1.80 bits per heavy atom. The number of amides is 1. The van der Waals surface area contributed by atoms with E-state index in [0.29, 0.717) is 12.2 Å². The van der Waals surface area contributed by atoms with Crippen molar-refractivity contribution >= 4 is 11.7 Å². The molecule has 1 aromatic carbocycles. The minimum absolute atomic E-state index is 0.0845. The van der Waals surface area contributed by atoms with Crippen LogP contribution in [0.25, 0.3) is 0 Å². The number of rotatable bonds is 3. The monoisotopic (exact) mass is 272 g/mol. The first-order valence-electron chi connectivity index (χ1n) is 6.37. The molecular formula is C15H20N4O. The zero-order chi connectivity index (χ0) is 15.0. The fraction of sp³-hybridized carbons (Fsp3) is 0.267. The molecule has 0 atom stereocenters. The number of carbonyl (C=O) groups is 1. The topological polar surface area (TPSA) is 80.9 Å². The molecule has 1 heterocycles. The number of carbonyl (C=O) groups excluding carboxylic acids is 1. The molecule has 106 valence electrons. The van der Waals surface area contributed by atoms with Crippen LogP contribution < -0.4 is 11.1 Å². The predicted molar refractivity (Wildman–Crippen MR) is 80.4 cm³/mol. The molecule has 0 saturated heterocycles. The van der Waals surface area contributed by atoms with E-state index in [0.717, 1.165) is 17.0 Å². The van der Waals surface area contributed by atoms with E-state index in [1.807, 2.05) is 44.2 Å². The first kappa shape index (κ1) is 15.8. The summed E-state index contributed by atoms with van der Waals surface area (Å²) in [7, 11) is 1.50. The summed E-state index contributed by atoms with van der Waals surface area (Å²) in [4.78, 5) is 20.2. The van der Waals surface area contributed by atoms with Gasteiger partial charge >= 0.3 is 0 Å². The van der Waals surface area contributed by atoms with E-state index in [4.69, 9.17) is 0 Å². The lowest BCUT2D eigenvalue weighted by Crippen LogP contribution is -2.16. The number of aromatic nitrogens is 2. The van der Waals surface area contributed by atoms with Crippen molar-refractivity contribution < 1.29 is 4.79 Å². The molecule has 3 N–H and O–H groups in total. The Bertz CT molecular complexity index is 555. The molecule has 1 amide bonds. The van der Waals surface area contributed by atoms with Gasteiger partial charge in [0.05, 0.1) is 24.0 Å². The van der Waals surface area contributed by atoms with E-state index in [1.165, 1.54) is 7.05 Å². The van der Waals surface area contributed by atoms with Crippen LogP contribution in [0.3, 0.4) is 0 Å². The second-order valence-corrected chi connectivity index (χ2v) is 4.14. The molecule has 0 bridgehead atoms. The van der Waals surface area contributed by atoms with Gasteiger partial charge in [0.2, 0.25) is 5.91 Å². The number of aryl methyl sites for hydroxylation is 2. The number of benzene rings is 1. The number of nitrogens with two attached hydrogens (primary N) is 1. The summed E-state index contributed by atoms with van der Waals surface area (Å²) in [6.45, 7) is 3.76. The van der Waals surface area contributed by atoms with E-state index >= 15 is 0 Å². The Kier molecular flexibility index (Phi) is 6.32. The van der Waals surface area contributed by atoms with Gasteiger partial charge in [-0.25, -0.2) is 4.98 Å². The molecule has 1 aromatic heterocycles. The minimum Gasteiger partial charge on any atom is -0.333 e. The van der Waals surface area contributed by atoms with Crippen molar-refractivity contribution in [2.24, 2.45) is 5.73 Å². The molecule has 5 heteroatoms. The molecule has 2 aromatic rings. The van der Waals surface area contributed by atoms with Gasteiger partial charge in [0.25, 0.3) is 0 Å². The maximum absolute atomic E-state index is 11.8. The molecule has 2 rings (SSSR count). The van der Waals surface area contributed by atoms with Gasteiger partial charge in [0.1, 0.15) is 0 Å². The van der Waals surface area contributed by atoms with Crippen molar-refractivity contribution in [1.82, 2.24) is 9.97 Å². The molecule has 0 radical (unpaired) electrons. The molecule has 0 saturated carbocycles. The number of nitrogens with one attached hydrogen (secondary N) is 1. The highest BCUT2D eigenvalue weighted by Gasteiger charge is 2.06. The average molecular weight is 272 g/mol. The zero-order valence-electron chi connectivity index (χ0n) is 12.1. The number of anilines is 1. The van der Waals surface area contributed by atoms with Gasteiger partial charge in [-0.2, -0.15) is 0 Å². The average Bonchev–Trinajstić information content (AvgIpc) is 2.46. The molecule has 0 spiro atoms. The van der Waals surface area contributed by atoms with Gasteiger partial charge in [0.15, 0.2) is 5.82 Å². The van der Waals surface area contributed by atoms with Gasteiger partial charge in [-0.15, -0.1) is 0 Å². The van der Waals surface area contributed by atoms with Crippen LogP contribution >= 0.6 is 0 Å². The Morgan fingerprint density at radius 1 is 1.15 bits per heavy atom.